The molecule has 0 atom stereocenters. The third-order valence-corrected chi connectivity index (χ3v) is 2.34. The molecule has 0 N–H and O–H groups in total. The molecule has 0 aromatic heterocycles. The average Bonchev–Trinajstić information content (AvgIpc) is 2.30. The number of ketones is 1. The second-order valence-electron chi connectivity index (χ2n) is 3.43. The van der Waals surface area contributed by atoms with E-state index in [1.165, 1.54) is 18.4 Å². The summed E-state index contributed by atoms with van der Waals surface area (Å²) in [6, 6.07) is 6.00. The number of benzene rings is 1. The summed E-state index contributed by atoms with van der Waals surface area (Å²) in [5.74, 6) is -0.748. The topological polar surface area (TPSA) is 26.3 Å². The molecule has 1 aliphatic rings. The van der Waals surface area contributed by atoms with Gasteiger partial charge in [0.05, 0.1) is 18.4 Å². The maximum atomic E-state index is 13.3. The van der Waals surface area contributed by atoms with Crippen LogP contribution >= 0.6 is 0 Å². The minimum atomic E-state index is -0.478. The van der Waals surface area contributed by atoms with Crippen LogP contribution in [0.15, 0.2) is 36.1 Å². The molecule has 0 fully saturated rings. The second kappa shape index (κ2) is 4.26. The van der Waals surface area contributed by atoms with Crippen molar-refractivity contribution in [3.8, 4) is 0 Å². The van der Waals surface area contributed by atoms with Crippen LogP contribution in [0.1, 0.15) is 23.2 Å². The summed E-state index contributed by atoms with van der Waals surface area (Å²) < 4.78 is 18.4. The maximum Gasteiger partial charge on any atom is 0.195 e. The number of rotatable bonds is 2. The van der Waals surface area contributed by atoms with Crippen molar-refractivity contribution in [3.63, 3.8) is 0 Å². The van der Waals surface area contributed by atoms with Crippen LogP contribution in [0.25, 0.3) is 0 Å². The SMILES string of the molecule is O=C(C1=COCCC1)c1ccccc1F. The fourth-order valence-electron chi connectivity index (χ4n) is 1.55. The van der Waals surface area contributed by atoms with Gasteiger partial charge in [0.1, 0.15) is 5.82 Å². The molecule has 3 heteroatoms. The highest BCUT2D eigenvalue weighted by Gasteiger charge is 2.17. The van der Waals surface area contributed by atoms with Gasteiger partial charge in [-0.05, 0) is 25.0 Å². The molecule has 1 aromatic carbocycles. The minimum absolute atomic E-state index is 0.120. The van der Waals surface area contributed by atoms with E-state index in [1.807, 2.05) is 0 Å². The van der Waals surface area contributed by atoms with Gasteiger partial charge in [-0.3, -0.25) is 4.79 Å². The molecule has 0 bridgehead atoms. The number of carbonyl (C=O) groups is 1. The number of ether oxygens (including phenoxy) is 1. The van der Waals surface area contributed by atoms with E-state index in [-0.39, 0.29) is 11.3 Å². The summed E-state index contributed by atoms with van der Waals surface area (Å²) in [6.45, 7) is 0.633. The van der Waals surface area contributed by atoms with Crippen molar-refractivity contribution >= 4 is 5.78 Å². The number of allylic oxidation sites excluding steroid dienone is 1. The molecule has 0 saturated carbocycles. The quantitative estimate of drug-likeness (QED) is 0.695. The largest absolute Gasteiger partial charge is 0.501 e. The molecule has 15 heavy (non-hydrogen) atoms. The zero-order valence-electron chi connectivity index (χ0n) is 8.20. The lowest BCUT2D eigenvalue weighted by atomic mass is 9.99. The highest BCUT2D eigenvalue weighted by atomic mass is 19.1. The van der Waals surface area contributed by atoms with E-state index < -0.39 is 5.82 Å². The Morgan fingerprint density at radius 1 is 1.33 bits per heavy atom. The van der Waals surface area contributed by atoms with Gasteiger partial charge in [0, 0.05) is 5.57 Å². The smallest absolute Gasteiger partial charge is 0.195 e. The number of hydrogen-bond donors (Lipinski definition) is 0. The van der Waals surface area contributed by atoms with E-state index >= 15 is 0 Å². The first-order chi connectivity index (χ1) is 7.29. The van der Waals surface area contributed by atoms with Gasteiger partial charge in [0.15, 0.2) is 5.78 Å². The molecule has 1 aromatic rings. The lowest BCUT2D eigenvalue weighted by Crippen LogP contribution is -2.10. The van der Waals surface area contributed by atoms with Gasteiger partial charge >= 0.3 is 0 Å². The van der Waals surface area contributed by atoms with E-state index in [0.29, 0.717) is 18.6 Å². The highest BCUT2D eigenvalue weighted by molar-refractivity contribution is 6.08. The van der Waals surface area contributed by atoms with Crippen LogP contribution in [-0.4, -0.2) is 12.4 Å². The Kier molecular flexibility index (Phi) is 2.81. The number of Topliss-reactive ketones (excluding diaryl/α,β-unsaturated/α-hetero) is 1. The molecule has 1 aliphatic heterocycles. The Labute approximate surface area is 87.4 Å². The second-order valence-corrected chi connectivity index (χ2v) is 3.43. The zero-order valence-corrected chi connectivity index (χ0v) is 8.20. The maximum absolute atomic E-state index is 13.3. The molecule has 1 heterocycles. The Balaban J connectivity index is 2.28. The predicted octanol–water partition coefficient (Wildman–Crippen LogP) is 2.70. The van der Waals surface area contributed by atoms with Crippen molar-refractivity contribution in [2.45, 2.75) is 12.8 Å². The molecule has 0 amide bonds. The molecule has 0 saturated heterocycles. The van der Waals surface area contributed by atoms with Gasteiger partial charge in [-0.1, -0.05) is 12.1 Å². The lowest BCUT2D eigenvalue weighted by molar-refractivity contribution is 0.101. The summed E-state index contributed by atoms with van der Waals surface area (Å²) in [7, 11) is 0. The van der Waals surface area contributed by atoms with Gasteiger partial charge in [-0.15, -0.1) is 0 Å². The van der Waals surface area contributed by atoms with Crippen LogP contribution < -0.4 is 0 Å². The van der Waals surface area contributed by atoms with Gasteiger partial charge in [-0.2, -0.15) is 0 Å². The van der Waals surface area contributed by atoms with Gasteiger partial charge < -0.3 is 4.74 Å². The first-order valence-electron chi connectivity index (χ1n) is 4.89. The van der Waals surface area contributed by atoms with E-state index in [9.17, 15) is 9.18 Å². The Hall–Kier alpha value is -1.64. The molecule has 78 valence electrons. The van der Waals surface area contributed by atoms with Crippen LogP contribution in [0.4, 0.5) is 4.39 Å². The van der Waals surface area contributed by atoms with E-state index in [2.05, 4.69) is 0 Å². The number of hydrogen-bond acceptors (Lipinski definition) is 2. The van der Waals surface area contributed by atoms with E-state index in [4.69, 9.17) is 4.74 Å². The summed E-state index contributed by atoms with van der Waals surface area (Å²) in [5.41, 5.74) is 0.667. The molecule has 0 aliphatic carbocycles. The van der Waals surface area contributed by atoms with Crippen molar-refractivity contribution in [3.05, 3.63) is 47.5 Å². The molecule has 0 unspecified atom stereocenters. The standard InChI is InChI=1S/C12H11FO2/c13-11-6-2-1-5-10(11)12(14)9-4-3-7-15-8-9/h1-2,5-6,8H,3-4,7H2. The van der Waals surface area contributed by atoms with Gasteiger partial charge in [0.2, 0.25) is 0 Å². The minimum Gasteiger partial charge on any atom is -0.501 e. The van der Waals surface area contributed by atoms with Crippen LogP contribution in [-0.2, 0) is 4.74 Å². The molecule has 0 spiro atoms. The van der Waals surface area contributed by atoms with Crippen LogP contribution in [0.2, 0.25) is 0 Å². The van der Waals surface area contributed by atoms with Gasteiger partial charge in [0.25, 0.3) is 0 Å². The zero-order chi connectivity index (χ0) is 10.7. The molecular formula is C12H11FO2. The average molecular weight is 206 g/mol. The summed E-state index contributed by atoms with van der Waals surface area (Å²) in [4.78, 5) is 11.8. The summed E-state index contributed by atoms with van der Waals surface area (Å²) in [6.07, 6.45) is 2.91. The molecule has 2 nitrogen and oxygen atoms in total. The molecule has 0 radical (unpaired) electrons. The monoisotopic (exact) mass is 206 g/mol. The fourth-order valence-corrected chi connectivity index (χ4v) is 1.55. The third-order valence-electron chi connectivity index (χ3n) is 2.34. The van der Waals surface area contributed by atoms with E-state index in [1.54, 1.807) is 12.1 Å². The van der Waals surface area contributed by atoms with Crippen LogP contribution in [0.5, 0.6) is 0 Å². The van der Waals surface area contributed by atoms with Crippen LogP contribution in [0, 0.1) is 5.82 Å². The Morgan fingerprint density at radius 2 is 2.13 bits per heavy atom. The first kappa shape index (κ1) is 9.90. The molecular weight excluding hydrogens is 195 g/mol. The van der Waals surface area contributed by atoms with Gasteiger partial charge in [-0.25, -0.2) is 4.39 Å². The highest BCUT2D eigenvalue weighted by Crippen LogP contribution is 2.19. The van der Waals surface area contributed by atoms with E-state index in [0.717, 1.165) is 6.42 Å². The number of halogens is 1. The third kappa shape index (κ3) is 2.06. The summed E-state index contributed by atoms with van der Waals surface area (Å²) in [5, 5.41) is 0. The normalized spacial score (nSPS) is 15.4. The Morgan fingerprint density at radius 3 is 2.80 bits per heavy atom. The number of carbonyl (C=O) groups excluding carboxylic acids is 1. The van der Waals surface area contributed by atoms with Crippen molar-refractivity contribution in [2.75, 3.05) is 6.61 Å². The predicted molar refractivity (Wildman–Crippen MR) is 54.0 cm³/mol. The molecule has 2 rings (SSSR count). The Bertz CT molecular complexity index is 410. The van der Waals surface area contributed by atoms with Crippen molar-refractivity contribution in [1.82, 2.24) is 0 Å². The first-order valence-corrected chi connectivity index (χ1v) is 4.89. The van der Waals surface area contributed by atoms with Crippen molar-refractivity contribution in [1.29, 1.82) is 0 Å². The fraction of sp³-hybridized carbons (Fsp3) is 0.250. The van der Waals surface area contributed by atoms with Crippen LogP contribution in [0.3, 0.4) is 0 Å². The lowest BCUT2D eigenvalue weighted by Gasteiger charge is -2.12. The summed E-state index contributed by atoms with van der Waals surface area (Å²) >= 11 is 0. The van der Waals surface area contributed by atoms with Crippen molar-refractivity contribution in [2.24, 2.45) is 0 Å². The van der Waals surface area contributed by atoms with Crippen molar-refractivity contribution < 1.29 is 13.9 Å².